The third-order valence-electron chi connectivity index (χ3n) is 4.73. The van der Waals surface area contributed by atoms with E-state index in [1.807, 2.05) is 31.3 Å². The van der Waals surface area contributed by atoms with Crippen LogP contribution in [0.25, 0.3) is 10.9 Å². The summed E-state index contributed by atoms with van der Waals surface area (Å²) < 4.78 is 1.71. The molecule has 3 atom stereocenters. The lowest BCUT2D eigenvalue weighted by molar-refractivity contribution is -0.139. The molecule has 1 saturated heterocycles. The topological polar surface area (TPSA) is 75.4 Å². The highest BCUT2D eigenvalue weighted by molar-refractivity contribution is 6.05. The highest BCUT2D eigenvalue weighted by Crippen LogP contribution is 2.52. The van der Waals surface area contributed by atoms with Gasteiger partial charge in [0, 0.05) is 25.5 Å². The van der Waals surface area contributed by atoms with Crippen molar-refractivity contribution in [3.05, 3.63) is 30.0 Å². The molecule has 6 nitrogen and oxygen atoms in total. The summed E-state index contributed by atoms with van der Waals surface area (Å²) in [6.45, 7) is 1.07. The molecule has 2 aliphatic rings. The van der Waals surface area contributed by atoms with Crippen LogP contribution in [0.1, 0.15) is 10.5 Å². The maximum Gasteiger partial charge on any atom is 0.307 e. The number of carbonyl (C=O) groups is 2. The summed E-state index contributed by atoms with van der Waals surface area (Å²) >= 11 is 0. The largest absolute Gasteiger partial charge is 0.481 e. The number of para-hydroxylation sites is 1. The summed E-state index contributed by atoms with van der Waals surface area (Å²) in [7, 11) is 1.82. The molecule has 2 aromatic rings. The number of nitrogens with zero attached hydrogens (tertiary/aromatic N) is 3. The lowest BCUT2D eigenvalue weighted by Crippen LogP contribution is -2.33. The molecule has 1 N–H and O–H groups in total. The number of carbonyl (C=O) groups excluding carboxylic acids is 1. The van der Waals surface area contributed by atoms with Gasteiger partial charge < -0.3 is 10.0 Å². The van der Waals surface area contributed by atoms with Crippen molar-refractivity contribution in [2.45, 2.75) is 0 Å². The van der Waals surface area contributed by atoms with Gasteiger partial charge >= 0.3 is 5.97 Å². The minimum absolute atomic E-state index is 0.0943. The van der Waals surface area contributed by atoms with Crippen molar-refractivity contribution in [2.75, 3.05) is 13.1 Å². The second-order valence-corrected chi connectivity index (χ2v) is 5.89. The van der Waals surface area contributed by atoms with Gasteiger partial charge in [0.05, 0.1) is 11.4 Å². The van der Waals surface area contributed by atoms with Crippen molar-refractivity contribution in [3.8, 4) is 0 Å². The van der Waals surface area contributed by atoms with Crippen LogP contribution in [-0.4, -0.2) is 44.8 Å². The normalized spacial score (nSPS) is 26.9. The maximum atomic E-state index is 12.6. The van der Waals surface area contributed by atoms with Crippen molar-refractivity contribution in [1.82, 2.24) is 14.7 Å². The van der Waals surface area contributed by atoms with E-state index in [4.69, 9.17) is 5.11 Å². The number of amides is 1. The monoisotopic (exact) mass is 285 g/mol. The Morgan fingerprint density at radius 1 is 1.24 bits per heavy atom. The van der Waals surface area contributed by atoms with Crippen molar-refractivity contribution < 1.29 is 14.7 Å². The van der Waals surface area contributed by atoms with E-state index in [1.165, 1.54) is 0 Å². The highest BCUT2D eigenvalue weighted by Gasteiger charge is 2.60. The number of fused-ring (bicyclic) bond motifs is 2. The average molecular weight is 285 g/mol. The van der Waals surface area contributed by atoms with E-state index in [0.29, 0.717) is 18.8 Å². The molecule has 2 fully saturated rings. The van der Waals surface area contributed by atoms with Crippen molar-refractivity contribution >= 4 is 22.8 Å². The van der Waals surface area contributed by atoms with Crippen LogP contribution in [0.4, 0.5) is 0 Å². The fraction of sp³-hybridized carbons (Fsp3) is 0.400. The van der Waals surface area contributed by atoms with Gasteiger partial charge in [-0.05, 0) is 17.9 Å². The summed E-state index contributed by atoms with van der Waals surface area (Å²) in [5, 5.41) is 14.2. The number of hydrogen-bond acceptors (Lipinski definition) is 3. The number of benzene rings is 1. The predicted molar refractivity (Wildman–Crippen MR) is 74.7 cm³/mol. The van der Waals surface area contributed by atoms with Crippen LogP contribution in [0.2, 0.25) is 0 Å². The smallest absolute Gasteiger partial charge is 0.307 e. The SMILES string of the molecule is Cn1nc(C(=O)N2C[C@@H]3C(C(=O)O)[C@@H]3C2)c2ccccc21. The van der Waals surface area contributed by atoms with Gasteiger partial charge in [0.2, 0.25) is 0 Å². The number of carboxylic acids is 1. The molecule has 1 aromatic heterocycles. The lowest BCUT2D eigenvalue weighted by Gasteiger charge is -2.17. The first-order valence-electron chi connectivity index (χ1n) is 7.01. The molecule has 1 amide bonds. The van der Waals surface area contributed by atoms with Crippen LogP contribution in [0, 0.1) is 17.8 Å². The summed E-state index contributed by atoms with van der Waals surface area (Å²) in [6.07, 6.45) is 0. The summed E-state index contributed by atoms with van der Waals surface area (Å²) in [5.41, 5.74) is 1.38. The average Bonchev–Trinajstić information content (AvgIpc) is 2.82. The van der Waals surface area contributed by atoms with Gasteiger partial charge in [-0.25, -0.2) is 0 Å². The molecule has 1 saturated carbocycles. The summed E-state index contributed by atoms with van der Waals surface area (Å²) in [4.78, 5) is 25.3. The molecule has 1 unspecified atom stereocenters. The van der Waals surface area contributed by atoms with E-state index in [-0.39, 0.29) is 23.7 Å². The van der Waals surface area contributed by atoms with Crippen LogP contribution in [0.15, 0.2) is 24.3 Å². The van der Waals surface area contributed by atoms with Crippen LogP contribution in [0.5, 0.6) is 0 Å². The predicted octanol–water partition coefficient (Wildman–Crippen LogP) is 0.976. The Kier molecular flexibility index (Phi) is 2.40. The number of hydrogen-bond donors (Lipinski definition) is 1. The van der Waals surface area contributed by atoms with E-state index in [0.717, 1.165) is 10.9 Å². The Morgan fingerprint density at radius 3 is 2.57 bits per heavy atom. The van der Waals surface area contributed by atoms with E-state index in [2.05, 4.69) is 5.10 Å². The zero-order valence-electron chi connectivity index (χ0n) is 11.6. The van der Waals surface area contributed by atoms with Crippen LogP contribution < -0.4 is 0 Å². The molecule has 0 spiro atoms. The molecule has 21 heavy (non-hydrogen) atoms. The van der Waals surface area contributed by atoms with Gasteiger partial charge in [0.15, 0.2) is 5.69 Å². The first-order valence-corrected chi connectivity index (χ1v) is 7.01. The molecular weight excluding hydrogens is 270 g/mol. The first-order chi connectivity index (χ1) is 10.1. The second-order valence-electron chi connectivity index (χ2n) is 5.89. The number of rotatable bonds is 2. The molecule has 1 aliphatic heterocycles. The summed E-state index contributed by atoms with van der Waals surface area (Å²) in [6, 6.07) is 7.64. The second kappa shape index (κ2) is 4.07. The van der Waals surface area contributed by atoms with Crippen molar-refractivity contribution in [3.63, 3.8) is 0 Å². The first kappa shape index (κ1) is 12.4. The molecular formula is C15H15N3O3. The third-order valence-corrected chi connectivity index (χ3v) is 4.73. The number of aromatic nitrogens is 2. The molecule has 1 aliphatic carbocycles. The Bertz CT molecular complexity index is 755. The van der Waals surface area contributed by atoms with Gasteiger partial charge in [-0.15, -0.1) is 0 Å². The zero-order valence-corrected chi connectivity index (χ0v) is 11.6. The maximum absolute atomic E-state index is 12.6. The fourth-order valence-corrected chi connectivity index (χ4v) is 3.58. The summed E-state index contributed by atoms with van der Waals surface area (Å²) in [5.74, 6) is -0.832. The van der Waals surface area contributed by atoms with E-state index in [9.17, 15) is 9.59 Å². The molecule has 0 radical (unpaired) electrons. The molecule has 108 valence electrons. The Labute approximate surface area is 121 Å². The molecule has 6 heteroatoms. The number of likely N-dealkylation sites (tertiary alicyclic amines) is 1. The Balaban J connectivity index is 1.60. The highest BCUT2D eigenvalue weighted by atomic mass is 16.4. The van der Waals surface area contributed by atoms with E-state index >= 15 is 0 Å². The minimum atomic E-state index is -0.736. The number of carboxylic acid groups (broad SMARTS) is 1. The van der Waals surface area contributed by atoms with Crippen LogP contribution >= 0.6 is 0 Å². The van der Waals surface area contributed by atoms with E-state index < -0.39 is 5.97 Å². The molecule has 1 aromatic carbocycles. The number of aryl methyl sites for hydroxylation is 1. The Hall–Kier alpha value is -2.37. The standard InChI is InChI=1S/C15H15N3O3/c1-17-11-5-3-2-4-8(11)13(16-17)14(19)18-6-9-10(7-18)12(9)15(20)21/h2-5,9-10,12H,6-7H2,1H3,(H,20,21)/t9-,10+,12?. The van der Waals surface area contributed by atoms with Crippen molar-refractivity contribution in [1.29, 1.82) is 0 Å². The lowest BCUT2D eigenvalue weighted by atomic mass is 10.2. The van der Waals surface area contributed by atoms with Gasteiger partial charge in [0.1, 0.15) is 0 Å². The fourth-order valence-electron chi connectivity index (χ4n) is 3.58. The molecule has 4 rings (SSSR count). The Morgan fingerprint density at radius 2 is 1.90 bits per heavy atom. The van der Waals surface area contributed by atoms with Gasteiger partial charge in [-0.2, -0.15) is 5.10 Å². The van der Waals surface area contributed by atoms with Crippen LogP contribution in [-0.2, 0) is 11.8 Å². The molecule has 0 bridgehead atoms. The molecule has 2 heterocycles. The van der Waals surface area contributed by atoms with Gasteiger partial charge in [0.25, 0.3) is 5.91 Å². The zero-order chi connectivity index (χ0) is 14.7. The van der Waals surface area contributed by atoms with Gasteiger partial charge in [-0.1, -0.05) is 18.2 Å². The van der Waals surface area contributed by atoms with Crippen LogP contribution in [0.3, 0.4) is 0 Å². The van der Waals surface area contributed by atoms with Gasteiger partial charge in [-0.3, -0.25) is 14.3 Å². The third kappa shape index (κ3) is 1.68. The number of aliphatic carboxylic acids is 1. The van der Waals surface area contributed by atoms with Crippen molar-refractivity contribution in [2.24, 2.45) is 24.8 Å². The quantitative estimate of drug-likeness (QED) is 0.892. The number of piperidine rings is 1. The minimum Gasteiger partial charge on any atom is -0.481 e. The van der Waals surface area contributed by atoms with E-state index in [1.54, 1.807) is 9.58 Å².